The molecule has 1 aromatic carbocycles. The van der Waals surface area contributed by atoms with Gasteiger partial charge in [-0.3, -0.25) is 0 Å². The van der Waals surface area contributed by atoms with E-state index >= 15 is 0 Å². The maximum Gasteiger partial charge on any atom is 0.195 e. The summed E-state index contributed by atoms with van der Waals surface area (Å²) in [6, 6.07) is 4.21. The maximum atomic E-state index is 5.79. The molecule has 2 rings (SSSR count). The molecule has 0 saturated carbocycles. The molecule has 1 heterocycles. The fourth-order valence-corrected chi connectivity index (χ4v) is 2.13. The van der Waals surface area contributed by atoms with Crippen LogP contribution in [0.1, 0.15) is 36.3 Å². The normalized spacial score (nSPS) is 11.2. The number of rotatable bonds is 5. The van der Waals surface area contributed by atoms with Gasteiger partial charge in [-0.2, -0.15) is 0 Å². The van der Waals surface area contributed by atoms with Crippen molar-refractivity contribution >= 4 is 11.1 Å². The zero-order valence-electron chi connectivity index (χ0n) is 10.6. The molecule has 0 aliphatic rings. The smallest absolute Gasteiger partial charge is 0.195 e. The van der Waals surface area contributed by atoms with Gasteiger partial charge in [-0.05, 0) is 50.4 Å². The largest absolute Gasteiger partial charge is 0.440 e. The molecule has 0 unspecified atom stereocenters. The van der Waals surface area contributed by atoms with Gasteiger partial charge in [0.05, 0.1) is 0 Å². The second-order valence-corrected chi connectivity index (χ2v) is 4.64. The Bertz CT molecular complexity index is 502. The third-order valence-electron chi connectivity index (χ3n) is 2.96. The lowest BCUT2D eigenvalue weighted by molar-refractivity contribution is 0.509. The van der Waals surface area contributed by atoms with Gasteiger partial charge in [0.2, 0.25) is 0 Å². The highest BCUT2D eigenvalue weighted by atomic mass is 16.3. The minimum atomic E-state index is 0.770. The zero-order chi connectivity index (χ0) is 12.3. The van der Waals surface area contributed by atoms with Gasteiger partial charge in [0.15, 0.2) is 11.5 Å². The zero-order valence-corrected chi connectivity index (χ0v) is 10.6. The molecule has 3 nitrogen and oxygen atoms in total. The van der Waals surface area contributed by atoms with Crippen molar-refractivity contribution in [3.8, 4) is 0 Å². The first-order valence-electron chi connectivity index (χ1n) is 6.27. The summed E-state index contributed by atoms with van der Waals surface area (Å²) < 4.78 is 5.79. The lowest BCUT2D eigenvalue weighted by Gasteiger charge is -1.96. The van der Waals surface area contributed by atoms with E-state index in [1.165, 1.54) is 11.1 Å². The number of hydrogen-bond donors (Lipinski definition) is 1. The highest BCUT2D eigenvalue weighted by Gasteiger charge is 2.08. The maximum absolute atomic E-state index is 5.79. The van der Waals surface area contributed by atoms with Crippen LogP contribution in [0.2, 0.25) is 0 Å². The van der Waals surface area contributed by atoms with Crippen molar-refractivity contribution < 1.29 is 4.42 Å². The Morgan fingerprint density at radius 2 is 2.00 bits per heavy atom. The van der Waals surface area contributed by atoms with E-state index in [1.54, 1.807) is 0 Å². The second kappa shape index (κ2) is 5.32. The minimum Gasteiger partial charge on any atom is -0.440 e. The monoisotopic (exact) mass is 232 g/mol. The SMILES string of the molecule is Cc1cc(C)c2oc(CCCCCN)nc2c1. The molecule has 1 aromatic heterocycles. The summed E-state index contributed by atoms with van der Waals surface area (Å²) in [4.78, 5) is 4.53. The van der Waals surface area contributed by atoms with Gasteiger partial charge >= 0.3 is 0 Å². The lowest BCUT2D eigenvalue weighted by Crippen LogP contribution is -1.98. The summed E-state index contributed by atoms with van der Waals surface area (Å²) in [6.45, 7) is 4.92. The van der Waals surface area contributed by atoms with Crippen molar-refractivity contribution in [2.24, 2.45) is 5.73 Å². The van der Waals surface area contributed by atoms with E-state index in [9.17, 15) is 0 Å². The number of aryl methyl sites for hydroxylation is 3. The van der Waals surface area contributed by atoms with E-state index in [0.717, 1.165) is 49.2 Å². The number of aromatic nitrogens is 1. The van der Waals surface area contributed by atoms with Crippen molar-refractivity contribution in [3.05, 3.63) is 29.2 Å². The molecule has 0 aliphatic heterocycles. The Morgan fingerprint density at radius 1 is 1.18 bits per heavy atom. The summed E-state index contributed by atoms with van der Waals surface area (Å²) in [5.41, 5.74) is 9.79. The van der Waals surface area contributed by atoms with Crippen LogP contribution in [0.4, 0.5) is 0 Å². The van der Waals surface area contributed by atoms with Gasteiger partial charge < -0.3 is 10.2 Å². The van der Waals surface area contributed by atoms with Gasteiger partial charge in [0, 0.05) is 6.42 Å². The van der Waals surface area contributed by atoms with Crippen molar-refractivity contribution in [2.45, 2.75) is 39.5 Å². The summed E-state index contributed by atoms with van der Waals surface area (Å²) in [5, 5.41) is 0. The van der Waals surface area contributed by atoms with E-state index in [4.69, 9.17) is 10.2 Å². The quantitative estimate of drug-likeness (QED) is 0.806. The first-order chi connectivity index (χ1) is 8.20. The standard InChI is InChI=1S/C14H20N2O/c1-10-8-11(2)14-12(9-10)16-13(17-14)6-4-3-5-7-15/h8-9H,3-7,15H2,1-2H3. The molecule has 2 aromatic rings. The third-order valence-corrected chi connectivity index (χ3v) is 2.96. The van der Waals surface area contributed by atoms with Gasteiger partial charge in [-0.1, -0.05) is 12.5 Å². The van der Waals surface area contributed by atoms with Crippen LogP contribution >= 0.6 is 0 Å². The molecule has 0 amide bonds. The number of nitrogens with two attached hydrogens (primary N) is 1. The predicted octanol–water partition coefficient (Wildman–Crippen LogP) is 3.12. The molecule has 0 aliphatic carbocycles. The fraction of sp³-hybridized carbons (Fsp3) is 0.500. The van der Waals surface area contributed by atoms with Crippen LogP contribution in [-0.2, 0) is 6.42 Å². The summed E-state index contributed by atoms with van der Waals surface area (Å²) in [6.07, 6.45) is 4.24. The fourth-order valence-electron chi connectivity index (χ4n) is 2.13. The lowest BCUT2D eigenvalue weighted by atomic mass is 10.1. The first kappa shape index (κ1) is 12.1. The van der Waals surface area contributed by atoms with Gasteiger partial charge in [-0.25, -0.2) is 4.98 Å². The molecule has 0 radical (unpaired) electrons. The number of hydrogen-bond acceptors (Lipinski definition) is 3. The molecule has 92 valence electrons. The summed E-state index contributed by atoms with van der Waals surface area (Å²) >= 11 is 0. The second-order valence-electron chi connectivity index (χ2n) is 4.64. The molecule has 0 saturated heterocycles. The Morgan fingerprint density at radius 3 is 2.76 bits per heavy atom. The highest BCUT2D eigenvalue weighted by Crippen LogP contribution is 2.22. The van der Waals surface area contributed by atoms with Crippen LogP contribution in [0.3, 0.4) is 0 Å². The Balaban J connectivity index is 2.12. The van der Waals surface area contributed by atoms with Crippen LogP contribution in [0.15, 0.2) is 16.5 Å². The van der Waals surface area contributed by atoms with E-state index in [2.05, 4.69) is 31.0 Å². The molecule has 2 N–H and O–H groups in total. The van der Waals surface area contributed by atoms with Crippen molar-refractivity contribution in [2.75, 3.05) is 6.54 Å². The predicted molar refractivity (Wildman–Crippen MR) is 70.1 cm³/mol. The number of unbranched alkanes of at least 4 members (excludes halogenated alkanes) is 2. The number of fused-ring (bicyclic) bond motifs is 1. The van der Waals surface area contributed by atoms with Crippen LogP contribution in [-0.4, -0.2) is 11.5 Å². The van der Waals surface area contributed by atoms with Gasteiger partial charge in [0.1, 0.15) is 5.52 Å². The number of oxazole rings is 1. The molecule has 0 fully saturated rings. The van der Waals surface area contributed by atoms with Crippen molar-refractivity contribution in [1.82, 2.24) is 4.98 Å². The molecule has 3 heteroatoms. The summed E-state index contributed by atoms with van der Waals surface area (Å²) in [5.74, 6) is 0.853. The first-order valence-corrected chi connectivity index (χ1v) is 6.27. The molecular weight excluding hydrogens is 212 g/mol. The Hall–Kier alpha value is -1.35. The van der Waals surface area contributed by atoms with Crippen molar-refractivity contribution in [1.29, 1.82) is 0 Å². The van der Waals surface area contributed by atoms with Crippen LogP contribution < -0.4 is 5.73 Å². The Labute approximate surface area is 102 Å². The van der Waals surface area contributed by atoms with Crippen molar-refractivity contribution in [3.63, 3.8) is 0 Å². The average Bonchev–Trinajstić information content (AvgIpc) is 2.67. The molecule has 0 spiro atoms. The highest BCUT2D eigenvalue weighted by molar-refractivity contribution is 5.77. The Kier molecular flexibility index (Phi) is 3.79. The van der Waals surface area contributed by atoms with E-state index in [0.29, 0.717) is 0 Å². The van der Waals surface area contributed by atoms with Crippen LogP contribution in [0.25, 0.3) is 11.1 Å². The molecule has 0 atom stereocenters. The minimum absolute atomic E-state index is 0.770. The summed E-state index contributed by atoms with van der Waals surface area (Å²) in [7, 11) is 0. The third kappa shape index (κ3) is 2.86. The topological polar surface area (TPSA) is 52.0 Å². The number of benzene rings is 1. The molecule has 17 heavy (non-hydrogen) atoms. The van der Waals surface area contributed by atoms with Crippen LogP contribution in [0.5, 0.6) is 0 Å². The molecular formula is C14H20N2O. The van der Waals surface area contributed by atoms with E-state index < -0.39 is 0 Å². The number of nitrogens with zero attached hydrogens (tertiary/aromatic N) is 1. The van der Waals surface area contributed by atoms with Gasteiger partial charge in [0.25, 0.3) is 0 Å². The average molecular weight is 232 g/mol. The van der Waals surface area contributed by atoms with E-state index in [1.807, 2.05) is 0 Å². The van der Waals surface area contributed by atoms with Crippen LogP contribution in [0, 0.1) is 13.8 Å². The molecule has 0 bridgehead atoms. The van der Waals surface area contributed by atoms with Gasteiger partial charge in [-0.15, -0.1) is 0 Å². The van der Waals surface area contributed by atoms with E-state index in [-0.39, 0.29) is 0 Å².